The van der Waals surface area contributed by atoms with Gasteiger partial charge in [-0.1, -0.05) is 41.9 Å². The number of halogens is 1. The number of carbonyl (C=O) groups excluding carboxylic acids is 1. The van der Waals surface area contributed by atoms with E-state index in [9.17, 15) is 4.79 Å². The highest BCUT2D eigenvalue weighted by Crippen LogP contribution is 2.44. The lowest BCUT2D eigenvalue weighted by molar-refractivity contribution is 0.0831. The van der Waals surface area contributed by atoms with Crippen molar-refractivity contribution in [2.24, 2.45) is 5.92 Å². The van der Waals surface area contributed by atoms with Crippen LogP contribution in [0.5, 0.6) is 11.5 Å². The van der Waals surface area contributed by atoms with Gasteiger partial charge in [0, 0.05) is 17.6 Å². The van der Waals surface area contributed by atoms with Gasteiger partial charge in [0.05, 0.1) is 11.1 Å². The van der Waals surface area contributed by atoms with Crippen molar-refractivity contribution >= 4 is 27.8 Å². The topological polar surface area (TPSA) is 38.8 Å². The van der Waals surface area contributed by atoms with Crippen LogP contribution in [0.3, 0.4) is 0 Å². The molecule has 0 spiro atoms. The van der Waals surface area contributed by atoms with Gasteiger partial charge in [0.25, 0.3) is 0 Å². The summed E-state index contributed by atoms with van der Waals surface area (Å²) in [5.74, 6) is 2.33. The summed E-state index contributed by atoms with van der Waals surface area (Å²) in [5, 5.41) is 0. The van der Waals surface area contributed by atoms with E-state index in [2.05, 4.69) is 34.7 Å². The summed E-state index contributed by atoms with van der Waals surface area (Å²) >= 11 is 3.43. The predicted molar refractivity (Wildman–Crippen MR) is 109 cm³/mol. The Kier molecular flexibility index (Phi) is 4.82. The second-order valence-electron chi connectivity index (χ2n) is 7.54. The molecule has 0 aromatic heterocycles. The average molecular weight is 428 g/mol. The van der Waals surface area contributed by atoms with Crippen molar-refractivity contribution in [2.75, 3.05) is 13.3 Å². The minimum absolute atomic E-state index is 0.0609. The summed E-state index contributed by atoms with van der Waals surface area (Å²) < 4.78 is 13.0. The monoisotopic (exact) mass is 427 g/mol. The molecule has 0 atom stereocenters. The third-order valence-corrected chi connectivity index (χ3v) is 5.31. The molecule has 0 aliphatic carbocycles. The summed E-state index contributed by atoms with van der Waals surface area (Å²) in [7, 11) is 0. The molecule has 140 valence electrons. The van der Waals surface area contributed by atoms with Gasteiger partial charge in [0.1, 0.15) is 18.2 Å². The largest absolute Gasteiger partial charge is 0.478 e. The maximum absolute atomic E-state index is 13.0. The van der Waals surface area contributed by atoms with Crippen molar-refractivity contribution in [2.45, 2.75) is 27.3 Å². The molecule has 0 saturated heterocycles. The van der Waals surface area contributed by atoms with Gasteiger partial charge in [-0.25, -0.2) is 0 Å². The second kappa shape index (κ2) is 7.13. The highest BCUT2D eigenvalue weighted by Gasteiger charge is 2.35. The lowest BCUT2D eigenvalue weighted by Gasteiger charge is -2.31. The van der Waals surface area contributed by atoms with Gasteiger partial charge < -0.3 is 9.47 Å². The van der Waals surface area contributed by atoms with Crippen molar-refractivity contribution in [3.63, 3.8) is 0 Å². The molecule has 27 heavy (non-hydrogen) atoms. The molecule has 4 nitrogen and oxygen atoms in total. The molecule has 2 aromatic carbocycles. The number of benzene rings is 2. The summed E-state index contributed by atoms with van der Waals surface area (Å²) in [6.45, 7) is 8.56. The molecule has 0 N–H and O–H groups in total. The van der Waals surface area contributed by atoms with Crippen LogP contribution in [0, 0.1) is 12.8 Å². The molecule has 2 aliphatic heterocycles. The lowest BCUT2D eigenvalue weighted by Crippen LogP contribution is -2.35. The molecule has 0 saturated carbocycles. The Balaban J connectivity index is 1.70. The van der Waals surface area contributed by atoms with Gasteiger partial charge in [-0.3, -0.25) is 9.69 Å². The van der Waals surface area contributed by atoms with Crippen molar-refractivity contribution in [1.29, 1.82) is 0 Å². The van der Waals surface area contributed by atoms with E-state index in [1.54, 1.807) is 6.08 Å². The summed E-state index contributed by atoms with van der Waals surface area (Å²) in [6, 6.07) is 9.76. The van der Waals surface area contributed by atoms with E-state index < -0.39 is 0 Å². The Morgan fingerprint density at radius 1 is 1.26 bits per heavy atom. The summed E-state index contributed by atoms with van der Waals surface area (Å²) in [6.07, 6.45) is 1.80. The van der Waals surface area contributed by atoms with Crippen LogP contribution in [0.1, 0.15) is 40.9 Å². The lowest BCUT2D eigenvalue weighted by atomic mass is 9.98. The van der Waals surface area contributed by atoms with Gasteiger partial charge in [-0.2, -0.15) is 0 Å². The second-order valence-corrected chi connectivity index (χ2v) is 8.46. The number of ketones is 1. The third kappa shape index (κ3) is 3.54. The molecule has 0 amide bonds. The molecule has 5 heteroatoms. The highest BCUT2D eigenvalue weighted by atomic mass is 79.9. The fourth-order valence-corrected chi connectivity index (χ4v) is 3.88. The number of allylic oxidation sites excluding steroid dienone is 1. The molecule has 2 aromatic rings. The Morgan fingerprint density at radius 3 is 2.70 bits per heavy atom. The first kappa shape index (κ1) is 18.3. The standard InChI is InChI=1S/C22H22BrNO3/c1-13(2)10-24-11-17-18(26-12-24)8-14(3)20-21(25)19(27-22(17)20)9-15-4-6-16(23)7-5-15/h4-9,13H,10-12H2,1-3H3/b19-9-. The molecular weight excluding hydrogens is 406 g/mol. The smallest absolute Gasteiger partial charge is 0.232 e. The quantitative estimate of drug-likeness (QED) is 0.632. The molecule has 0 radical (unpaired) electrons. The van der Waals surface area contributed by atoms with Gasteiger partial charge in [-0.05, 0) is 48.2 Å². The molecule has 2 aliphatic rings. The Hall–Kier alpha value is -2.11. The Labute approximate surface area is 167 Å². The number of carbonyl (C=O) groups is 1. The molecule has 2 heterocycles. The molecule has 0 unspecified atom stereocenters. The highest BCUT2D eigenvalue weighted by molar-refractivity contribution is 9.10. The maximum atomic E-state index is 13.0. The zero-order valence-corrected chi connectivity index (χ0v) is 17.3. The van der Waals surface area contributed by atoms with E-state index in [0.717, 1.165) is 40.0 Å². The van der Waals surface area contributed by atoms with Crippen LogP contribution in [0.2, 0.25) is 0 Å². The van der Waals surface area contributed by atoms with Gasteiger partial charge in [0.2, 0.25) is 5.78 Å². The zero-order valence-electron chi connectivity index (χ0n) is 15.7. The number of Topliss-reactive ketones (excluding diaryl/α,β-unsaturated/α-hetero) is 1. The van der Waals surface area contributed by atoms with Crippen LogP contribution in [-0.4, -0.2) is 24.0 Å². The van der Waals surface area contributed by atoms with E-state index in [4.69, 9.17) is 9.47 Å². The minimum atomic E-state index is -0.0609. The van der Waals surface area contributed by atoms with Crippen LogP contribution in [0.15, 0.2) is 40.6 Å². The molecule has 4 rings (SSSR count). The van der Waals surface area contributed by atoms with E-state index >= 15 is 0 Å². The average Bonchev–Trinajstić information content (AvgIpc) is 2.94. The Morgan fingerprint density at radius 2 is 2.00 bits per heavy atom. The zero-order chi connectivity index (χ0) is 19.1. The third-order valence-electron chi connectivity index (χ3n) is 4.78. The van der Waals surface area contributed by atoms with Crippen LogP contribution in [0.4, 0.5) is 0 Å². The number of hydrogen-bond donors (Lipinski definition) is 0. The molecular formula is C22H22BrNO3. The first-order chi connectivity index (χ1) is 12.9. The number of ether oxygens (including phenoxy) is 2. The van der Waals surface area contributed by atoms with Crippen molar-refractivity contribution in [3.05, 3.63) is 62.8 Å². The van der Waals surface area contributed by atoms with Crippen molar-refractivity contribution in [3.8, 4) is 11.5 Å². The summed E-state index contributed by atoms with van der Waals surface area (Å²) in [4.78, 5) is 15.2. The number of fused-ring (bicyclic) bond motifs is 3. The molecule has 0 bridgehead atoms. The van der Waals surface area contributed by atoms with Crippen molar-refractivity contribution in [1.82, 2.24) is 4.90 Å². The van der Waals surface area contributed by atoms with E-state index in [1.165, 1.54) is 0 Å². The van der Waals surface area contributed by atoms with Crippen LogP contribution in [0.25, 0.3) is 6.08 Å². The fraction of sp³-hybridized carbons (Fsp3) is 0.318. The van der Waals surface area contributed by atoms with E-state index in [0.29, 0.717) is 29.7 Å². The van der Waals surface area contributed by atoms with Crippen LogP contribution >= 0.6 is 15.9 Å². The van der Waals surface area contributed by atoms with Crippen LogP contribution in [-0.2, 0) is 6.54 Å². The predicted octanol–water partition coefficient (Wildman–Crippen LogP) is 5.18. The minimum Gasteiger partial charge on any atom is -0.478 e. The van der Waals surface area contributed by atoms with Crippen LogP contribution < -0.4 is 9.47 Å². The maximum Gasteiger partial charge on any atom is 0.232 e. The fourth-order valence-electron chi connectivity index (χ4n) is 3.62. The number of nitrogens with zero attached hydrogens (tertiary/aromatic N) is 1. The SMILES string of the molecule is Cc1cc2c(c3c1C(=O)/C(=C/c1ccc(Br)cc1)O3)CN(CC(C)C)CO2. The van der Waals surface area contributed by atoms with Crippen molar-refractivity contribution < 1.29 is 14.3 Å². The molecule has 0 fully saturated rings. The van der Waals surface area contributed by atoms with Gasteiger partial charge in [-0.15, -0.1) is 0 Å². The number of aryl methyl sites for hydroxylation is 1. The van der Waals surface area contributed by atoms with E-state index in [-0.39, 0.29) is 5.78 Å². The number of rotatable bonds is 3. The summed E-state index contributed by atoms with van der Waals surface area (Å²) in [5.41, 5.74) is 3.45. The van der Waals surface area contributed by atoms with Gasteiger partial charge in [0.15, 0.2) is 5.76 Å². The Bertz CT molecular complexity index is 932. The first-order valence-corrected chi connectivity index (χ1v) is 9.93. The number of hydrogen-bond acceptors (Lipinski definition) is 4. The van der Waals surface area contributed by atoms with Gasteiger partial charge >= 0.3 is 0 Å². The normalized spacial score (nSPS) is 17.7. The van der Waals surface area contributed by atoms with E-state index in [1.807, 2.05) is 37.3 Å². The first-order valence-electron chi connectivity index (χ1n) is 9.14.